The first-order chi connectivity index (χ1) is 14.3. The molecule has 2 aromatic rings. The molecule has 2 atom stereocenters. The quantitative estimate of drug-likeness (QED) is 0.730. The van der Waals surface area contributed by atoms with Gasteiger partial charge in [-0.3, -0.25) is 9.59 Å². The summed E-state index contributed by atoms with van der Waals surface area (Å²) in [5.74, 6) is -2.83. The normalized spacial score (nSPS) is 18.6. The van der Waals surface area contributed by atoms with Crippen LogP contribution in [0.5, 0.6) is 5.75 Å². The number of aromatic nitrogens is 1. The van der Waals surface area contributed by atoms with Gasteiger partial charge in [-0.25, -0.2) is 9.37 Å². The number of nitrogens with zero attached hydrogens (tertiary/aromatic N) is 1. The Labute approximate surface area is 178 Å². The Kier molecular flexibility index (Phi) is 6.87. The van der Waals surface area contributed by atoms with Crippen LogP contribution < -0.4 is 15.4 Å². The smallest absolute Gasteiger partial charge is 0.228 e. The molecule has 2 amide bonds. The van der Waals surface area contributed by atoms with Crippen molar-refractivity contribution in [1.82, 2.24) is 10.3 Å². The van der Waals surface area contributed by atoms with Gasteiger partial charge in [0.25, 0.3) is 0 Å². The fraction of sp³-hybridized carbons (Fsp3) is 0.381. The number of anilines is 1. The summed E-state index contributed by atoms with van der Waals surface area (Å²) in [6.45, 7) is 1.45. The number of carbonyl (C=O) groups is 2. The first-order valence-electron chi connectivity index (χ1n) is 9.56. The molecule has 9 heteroatoms. The van der Waals surface area contributed by atoms with Gasteiger partial charge in [0.15, 0.2) is 11.6 Å². The van der Waals surface area contributed by atoms with Crippen LogP contribution in [0.2, 0.25) is 5.02 Å². The standard InChI is InChI=1S/C21H22ClF2N3O3/c1-11(28)26-13-5-3-4-12(8-13)21(29)27-18-9-15(16(22)10-25-18)14-6-7-17(23)19(24)20(14)30-2/h6-7,9-10,12-13H,3-5,8H2,1-2H3,(H,26,28)(H,25,27,29). The number of hydrogen-bond donors (Lipinski definition) is 2. The molecule has 0 aliphatic heterocycles. The van der Waals surface area contributed by atoms with Crippen LogP contribution in [0.1, 0.15) is 32.6 Å². The molecule has 0 saturated heterocycles. The summed E-state index contributed by atoms with van der Waals surface area (Å²) >= 11 is 6.22. The molecular formula is C21H22ClF2N3O3. The van der Waals surface area contributed by atoms with E-state index in [0.29, 0.717) is 18.4 Å². The van der Waals surface area contributed by atoms with Gasteiger partial charge in [0.1, 0.15) is 5.82 Å². The van der Waals surface area contributed by atoms with Gasteiger partial charge in [-0.05, 0) is 37.5 Å². The van der Waals surface area contributed by atoms with E-state index in [0.717, 1.165) is 18.9 Å². The molecule has 1 heterocycles. The van der Waals surface area contributed by atoms with Crippen molar-refractivity contribution in [3.8, 4) is 16.9 Å². The van der Waals surface area contributed by atoms with E-state index in [-0.39, 0.29) is 45.9 Å². The van der Waals surface area contributed by atoms with Crippen LogP contribution in [0.15, 0.2) is 24.4 Å². The monoisotopic (exact) mass is 437 g/mol. The number of pyridine rings is 1. The van der Waals surface area contributed by atoms with Crippen molar-refractivity contribution < 1.29 is 23.1 Å². The zero-order valence-corrected chi connectivity index (χ0v) is 17.4. The van der Waals surface area contributed by atoms with Crippen LogP contribution in [0.25, 0.3) is 11.1 Å². The van der Waals surface area contributed by atoms with Crippen LogP contribution in [0.3, 0.4) is 0 Å². The van der Waals surface area contributed by atoms with E-state index in [2.05, 4.69) is 15.6 Å². The van der Waals surface area contributed by atoms with E-state index in [1.807, 2.05) is 0 Å². The Morgan fingerprint density at radius 3 is 2.70 bits per heavy atom. The average molecular weight is 438 g/mol. The first-order valence-corrected chi connectivity index (χ1v) is 9.93. The van der Waals surface area contributed by atoms with E-state index in [9.17, 15) is 18.4 Å². The fourth-order valence-electron chi connectivity index (χ4n) is 3.73. The van der Waals surface area contributed by atoms with Gasteiger partial charge in [-0.1, -0.05) is 18.0 Å². The highest BCUT2D eigenvalue weighted by Gasteiger charge is 2.28. The molecule has 0 bridgehead atoms. The fourth-order valence-corrected chi connectivity index (χ4v) is 3.94. The Balaban J connectivity index is 1.82. The molecule has 1 aliphatic rings. The van der Waals surface area contributed by atoms with E-state index < -0.39 is 11.6 Å². The lowest BCUT2D eigenvalue weighted by Gasteiger charge is -2.28. The number of benzene rings is 1. The van der Waals surface area contributed by atoms with Crippen LogP contribution in [-0.2, 0) is 9.59 Å². The third kappa shape index (κ3) is 4.87. The topological polar surface area (TPSA) is 80.3 Å². The second-order valence-electron chi connectivity index (χ2n) is 7.24. The van der Waals surface area contributed by atoms with Gasteiger partial charge in [0.05, 0.1) is 12.1 Å². The van der Waals surface area contributed by atoms with E-state index in [1.54, 1.807) is 0 Å². The number of methoxy groups -OCH3 is 1. The van der Waals surface area contributed by atoms with Crippen molar-refractivity contribution in [1.29, 1.82) is 0 Å². The summed E-state index contributed by atoms with van der Waals surface area (Å²) < 4.78 is 32.7. The van der Waals surface area contributed by atoms with Gasteiger partial charge in [0, 0.05) is 36.2 Å². The van der Waals surface area contributed by atoms with Crippen molar-refractivity contribution in [2.24, 2.45) is 5.92 Å². The predicted octanol–water partition coefficient (Wildman–Crippen LogP) is 4.32. The molecule has 160 valence electrons. The number of rotatable bonds is 5. The summed E-state index contributed by atoms with van der Waals surface area (Å²) in [7, 11) is 1.23. The molecule has 6 nitrogen and oxygen atoms in total. The lowest BCUT2D eigenvalue weighted by atomic mass is 9.85. The first kappa shape index (κ1) is 22.0. The minimum atomic E-state index is -1.13. The van der Waals surface area contributed by atoms with Gasteiger partial charge in [-0.15, -0.1) is 0 Å². The molecular weight excluding hydrogens is 416 g/mol. The number of amides is 2. The third-order valence-corrected chi connectivity index (χ3v) is 5.40. The number of halogens is 3. The molecule has 2 unspecified atom stereocenters. The third-order valence-electron chi connectivity index (χ3n) is 5.10. The van der Waals surface area contributed by atoms with Crippen molar-refractivity contribution in [3.05, 3.63) is 41.1 Å². The Hall–Kier alpha value is -2.74. The van der Waals surface area contributed by atoms with E-state index >= 15 is 0 Å². The molecule has 0 spiro atoms. The van der Waals surface area contributed by atoms with Crippen molar-refractivity contribution in [2.45, 2.75) is 38.6 Å². The highest BCUT2D eigenvalue weighted by Crippen LogP contribution is 2.38. The summed E-state index contributed by atoms with van der Waals surface area (Å²) in [6, 6.07) is 3.78. The predicted molar refractivity (Wildman–Crippen MR) is 109 cm³/mol. The molecule has 1 aromatic heterocycles. The number of nitrogens with one attached hydrogen (secondary N) is 2. The largest absolute Gasteiger partial charge is 0.493 e. The highest BCUT2D eigenvalue weighted by molar-refractivity contribution is 6.33. The lowest BCUT2D eigenvalue weighted by molar-refractivity contribution is -0.123. The maximum absolute atomic E-state index is 14.1. The molecule has 1 saturated carbocycles. The van der Waals surface area contributed by atoms with Crippen LogP contribution >= 0.6 is 11.6 Å². The summed E-state index contributed by atoms with van der Waals surface area (Å²) in [4.78, 5) is 28.1. The van der Waals surface area contributed by atoms with E-state index in [1.165, 1.54) is 32.4 Å². The summed E-state index contributed by atoms with van der Waals surface area (Å²) in [5.41, 5.74) is 0.583. The molecule has 1 aromatic carbocycles. The van der Waals surface area contributed by atoms with Gasteiger partial charge >= 0.3 is 0 Å². The zero-order valence-electron chi connectivity index (χ0n) is 16.6. The average Bonchev–Trinajstić information content (AvgIpc) is 2.71. The molecule has 2 N–H and O–H groups in total. The van der Waals surface area contributed by atoms with Crippen molar-refractivity contribution in [2.75, 3.05) is 12.4 Å². The SMILES string of the molecule is COc1c(-c2cc(NC(=O)C3CCCC(NC(C)=O)C3)ncc2Cl)ccc(F)c1F. The Bertz CT molecular complexity index is 971. The molecule has 1 fully saturated rings. The highest BCUT2D eigenvalue weighted by atomic mass is 35.5. The minimum Gasteiger partial charge on any atom is -0.493 e. The van der Waals surface area contributed by atoms with Gasteiger partial charge < -0.3 is 15.4 Å². The summed E-state index contributed by atoms with van der Waals surface area (Å²) in [6.07, 6.45) is 4.24. The number of carbonyl (C=O) groups excluding carboxylic acids is 2. The van der Waals surface area contributed by atoms with Gasteiger partial charge in [0.2, 0.25) is 17.6 Å². The lowest BCUT2D eigenvalue weighted by Crippen LogP contribution is -2.40. The van der Waals surface area contributed by atoms with Crippen LogP contribution in [0.4, 0.5) is 14.6 Å². The van der Waals surface area contributed by atoms with Crippen LogP contribution in [-0.4, -0.2) is 29.9 Å². The van der Waals surface area contributed by atoms with Crippen LogP contribution in [0, 0.1) is 17.6 Å². The maximum atomic E-state index is 14.1. The maximum Gasteiger partial charge on any atom is 0.228 e. The van der Waals surface area contributed by atoms with Crippen molar-refractivity contribution >= 4 is 29.2 Å². The van der Waals surface area contributed by atoms with E-state index in [4.69, 9.17) is 16.3 Å². The molecule has 3 rings (SSSR count). The molecule has 0 radical (unpaired) electrons. The Morgan fingerprint density at radius 1 is 1.23 bits per heavy atom. The second-order valence-corrected chi connectivity index (χ2v) is 7.65. The zero-order chi connectivity index (χ0) is 21.8. The molecule has 1 aliphatic carbocycles. The number of ether oxygens (including phenoxy) is 1. The van der Waals surface area contributed by atoms with Gasteiger partial charge in [-0.2, -0.15) is 4.39 Å². The summed E-state index contributed by atoms with van der Waals surface area (Å²) in [5, 5.41) is 5.81. The number of hydrogen-bond acceptors (Lipinski definition) is 4. The second kappa shape index (κ2) is 9.38. The van der Waals surface area contributed by atoms with Crippen molar-refractivity contribution in [3.63, 3.8) is 0 Å². The minimum absolute atomic E-state index is 0.0350. The Morgan fingerprint density at radius 2 is 2.00 bits per heavy atom. The molecule has 30 heavy (non-hydrogen) atoms.